The van der Waals surface area contributed by atoms with Crippen LogP contribution in [0.2, 0.25) is 0 Å². The van der Waals surface area contributed by atoms with Crippen molar-refractivity contribution in [2.24, 2.45) is 0 Å². The third-order valence-electron chi connectivity index (χ3n) is 11.2. The Labute approximate surface area is 369 Å². The molecule has 2 fully saturated rings. The Morgan fingerprint density at radius 2 is 1.49 bits per heavy atom. The molecule has 5 aromatic rings. The number of carbonyl (C=O) groups is 1. The van der Waals surface area contributed by atoms with Crippen LogP contribution in [0.4, 0.5) is 5.82 Å². The highest BCUT2D eigenvalue weighted by Crippen LogP contribution is 2.56. The number of hydrogen-bond donors (Lipinski definition) is 1. The lowest BCUT2D eigenvalue weighted by molar-refractivity contribution is -0.203. The van der Waals surface area contributed by atoms with Gasteiger partial charge < -0.3 is 38.0 Å². The summed E-state index contributed by atoms with van der Waals surface area (Å²) in [5, 5.41) is 12.2. The first-order valence-electron chi connectivity index (χ1n) is 20.9. The van der Waals surface area contributed by atoms with Crippen molar-refractivity contribution in [3.63, 3.8) is 0 Å². The number of nitrogens with one attached hydrogen (secondary N) is 1. The van der Waals surface area contributed by atoms with Gasteiger partial charge >= 0.3 is 5.69 Å². The highest BCUT2D eigenvalue weighted by molar-refractivity contribution is 7.44. The first-order valence-corrected chi connectivity index (χ1v) is 22.1. The third kappa shape index (κ3) is 9.42. The lowest BCUT2D eigenvalue weighted by Crippen LogP contribution is -2.49. The van der Waals surface area contributed by atoms with Gasteiger partial charge in [0, 0.05) is 29.4 Å². The number of anilines is 1. The van der Waals surface area contributed by atoms with E-state index in [4.69, 9.17) is 32.7 Å². The fourth-order valence-electron chi connectivity index (χ4n) is 8.22. The molecule has 1 aromatic heterocycles. The van der Waals surface area contributed by atoms with Crippen molar-refractivity contribution in [3.8, 4) is 17.6 Å². The smallest absolute Gasteiger partial charge is 0.351 e. The van der Waals surface area contributed by atoms with E-state index in [0.717, 1.165) is 16.7 Å². The van der Waals surface area contributed by atoms with Crippen LogP contribution in [0.5, 0.6) is 11.5 Å². The standard InChI is InChI=1S/C48H54N5O9P/c1-32(2)53(33(3)4)63(60-28-14-27-49)62-42-41-45(52-29-34(5)43(51-46(52)55)50-44(54)35-15-10-8-11-16-35)61-47(42,30-58-41)31-59-48(36-17-12-9-13-18-36,37-19-23-39(56-6)24-20-37)38-21-25-40(57-7)26-22-38/h8-13,15-26,29,32-33,41-42,45H,14,28,30-31H2,1-7H3,(H,50,51,54,55)/t41-,42?,45-,47-,63?/m1/s1. The zero-order chi connectivity index (χ0) is 44.7. The van der Waals surface area contributed by atoms with Crippen LogP contribution in [0.25, 0.3) is 0 Å². The molecule has 1 N–H and O–H groups in total. The summed E-state index contributed by atoms with van der Waals surface area (Å²) in [5.74, 6) is 1.10. The van der Waals surface area contributed by atoms with E-state index in [1.165, 1.54) is 4.57 Å². The number of fused-ring (bicyclic) bond motifs is 2. The monoisotopic (exact) mass is 875 g/mol. The van der Waals surface area contributed by atoms with Gasteiger partial charge in [0.1, 0.15) is 40.7 Å². The van der Waals surface area contributed by atoms with Crippen LogP contribution in [-0.4, -0.2) is 84.1 Å². The Hall–Kier alpha value is -5.49. The molecule has 5 atom stereocenters. The number of methoxy groups -OCH3 is 2. The molecule has 2 aliphatic rings. The van der Waals surface area contributed by atoms with Crippen molar-refractivity contribution in [2.75, 3.05) is 39.4 Å². The molecule has 0 saturated carbocycles. The van der Waals surface area contributed by atoms with Gasteiger partial charge in [0.25, 0.3) is 14.4 Å². The Morgan fingerprint density at radius 3 is 2.05 bits per heavy atom. The van der Waals surface area contributed by atoms with Gasteiger partial charge in [0.15, 0.2) is 6.23 Å². The quantitative estimate of drug-likeness (QED) is 0.0484. The van der Waals surface area contributed by atoms with Gasteiger partial charge in [-0.1, -0.05) is 72.8 Å². The molecule has 0 aliphatic carbocycles. The molecule has 2 aliphatic heterocycles. The van der Waals surface area contributed by atoms with Crippen molar-refractivity contribution in [2.45, 2.75) is 82.8 Å². The van der Waals surface area contributed by atoms with Crippen LogP contribution in [0.3, 0.4) is 0 Å². The number of rotatable bonds is 19. The van der Waals surface area contributed by atoms with Gasteiger partial charge in [0.2, 0.25) is 0 Å². The number of nitriles is 1. The first kappa shape index (κ1) is 45.5. The second-order valence-corrected chi connectivity index (χ2v) is 17.4. The number of aryl methyl sites for hydroxylation is 1. The fraction of sp³-hybridized carbons (Fsp3) is 0.375. The van der Waals surface area contributed by atoms with E-state index in [1.807, 2.05) is 84.9 Å². The molecule has 2 bridgehead atoms. The number of amides is 1. The fourth-order valence-corrected chi connectivity index (χ4v) is 10.0. The van der Waals surface area contributed by atoms with Gasteiger partial charge in [-0.05, 0) is 87.7 Å². The minimum atomic E-state index is -1.80. The molecule has 14 nitrogen and oxygen atoms in total. The highest BCUT2D eigenvalue weighted by atomic mass is 31.2. The molecule has 2 saturated heterocycles. The number of benzene rings is 4. The predicted molar refractivity (Wildman–Crippen MR) is 239 cm³/mol. The average molecular weight is 876 g/mol. The van der Waals surface area contributed by atoms with Crippen LogP contribution in [0.15, 0.2) is 120 Å². The van der Waals surface area contributed by atoms with E-state index in [2.05, 4.69) is 48.7 Å². The number of carbonyl (C=O) groups excluding carboxylic acids is 1. The van der Waals surface area contributed by atoms with Gasteiger partial charge in [-0.25, -0.2) is 9.46 Å². The Kier molecular flexibility index (Phi) is 14.4. The largest absolute Gasteiger partial charge is 0.497 e. The second kappa shape index (κ2) is 19.9. The normalized spacial score (nSPS) is 19.9. The summed E-state index contributed by atoms with van der Waals surface area (Å²) >= 11 is 0. The maximum absolute atomic E-state index is 14.1. The second-order valence-electron chi connectivity index (χ2n) is 16.0. The highest BCUT2D eigenvalue weighted by Gasteiger charge is 2.65. The molecule has 3 heterocycles. The molecular formula is C48H54N5O9P. The predicted octanol–water partition coefficient (Wildman–Crippen LogP) is 8.16. The van der Waals surface area contributed by atoms with Gasteiger partial charge in [0.05, 0.1) is 46.5 Å². The maximum Gasteiger partial charge on any atom is 0.351 e. The minimum Gasteiger partial charge on any atom is -0.497 e. The topological polar surface area (TPSA) is 156 Å². The SMILES string of the molecule is COc1ccc(C(OC[C@]23CO[C@H](C2OP(OCCC#N)N(C(C)C)C(C)C)[C@H](n2cc(C)c(NC(=O)c4ccccc4)nc2=O)O3)(c2ccccc2)c2ccc(OC)cc2)cc1. The van der Waals surface area contributed by atoms with E-state index in [1.54, 1.807) is 51.6 Å². The van der Waals surface area contributed by atoms with E-state index in [9.17, 15) is 14.9 Å². The van der Waals surface area contributed by atoms with Gasteiger partial charge in [-0.2, -0.15) is 10.2 Å². The van der Waals surface area contributed by atoms with Crippen LogP contribution in [0.1, 0.15) is 73.0 Å². The average Bonchev–Trinajstić information content (AvgIpc) is 3.79. The summed E-state index contributed by atoms with van der Waals surface area (Å²) < 4.78 is 49.3. The molecular weight excluding hydrogens is 822 g/mol. The lowest BCUT2D eigenvalue weighted by atomic mass is 9.79. The van der Waals surface area contributed by atoms with E-state index in [-0.39, 0.29) is 44.1 Å². The Morgan fingerprint density at radius 1 is 0.921 bits per heavy atom. The maximum atomic E-state index is 14.1. The van der Waals surface area contributed by atoms with Crippen molar-refractivity contribution in [1.82, 2.24) is 14.2 Å². The molecule has 2 unspecified atom stereocenters. The van der Waals surface area contributed by atoms with Crippen LogP contribution >= 0.6 is 8.53 Å². The number of hydrogen-bond acceptors (Lipinski definition) is 12. The molecule has 1 amide bonds. The van der Waals surface area contributed by atoms with Crippen molar-refractivity contribution < 1.29 is 37.5 Å². The molecule has 63 heavy (non-hydrogen) atoms. The van der Waals surface area contributed by atoms with E-state index in [0.29, 0.717) is 22.6 Å². The van der Waals surface area contributed by atoms with E-state index >= 15 is 0 Å². The summed E-state index contributed by atoms with van der Waals surface area (Å²) in [6.07, 6.45) is -0.890. The third-order valence-corrected chi connectivity index (χ3v) is 13.3. The number of ether oxygens (including phenoxy) is 5. The summed E-state index contributed by atoms with van der Waals surface area (Å²) in [7, 11) is 1.44. The Balaban J connectivity index is 1.33. The van der Waals surface area contributed by atoms with Crippen molar-refractivity contribution in [3.05, 3.63) is 154 Å². The number of nitrogens with zero attached hydrogens (tertiary/aromatic N) is 4. The van der Waals surface area contributed by atoms with Crippen LogP contribution in [-0.2, 0) is 28.9 Å². The van der Waals surface area contributed by atoms with Gasteiger partial charge in [-0.3, -0.25) is 9.36 Å². The zero-order valence-corrected chi connectivity index (χ0v) is 37.5. The van der Waals surface area contributed by atoms with Crippen molar-refractivity contribution in [1.29, 1.82) is 5.26 Å². The summed E-state index contributed by atoms with van der Waals surface area (Å²) in [4.78, 5) is 31.5. The van der Waals surface area contributed by atoms with E-state index < -0.39 is 49.8 Å². The summed E-state index contributed by atoms with van der Waals surface area (Å²) in [6, 6.07) is 36.3. The lowest BCUT2D eigenvalue weighted by Gasteiger charge is -2.41. The Bertz CT molecular complexity index is 2360. The summed E-state index contributed by atoms with van der Waals surface area (Å²) in [5.41, 5.74) is 0.248. The zero-order valence-electron chi connectivity index (χ0n) is 36.6. The van der Waals surface area contributed by atoms with Gasteiger partial charge in [-0.15, -0.1) is 0 Å². The number of aromatic nitrogens is 2. The molecule has 15 heteroatoms. The first-order chi connectivity index (χ1) is 30.4. The summed E-state index contributed by atoms with van der Waals surface area (Å²) in [6.45, 7) is 10.1. The van der Waals surface area contributed by atoms with Crippen LogP contribution < -0.4 is 20.5 Å². The molecule has 0 spiro atoms. The molecule has 4 aromatic carbocycles. The minimum absolute atomic E-state index is 0.00562. The molecule has 7 rings (SSSR count). The van der Waals surface area contributed by atoms with Crippen LogP contribution in [0, 0.1) is 18.3 Å². The van der Waals surface area contributed by atoms with Crippen molar-refractivity contribution >= 4 is 20.3 Å². The molecule has 0 radical (unpaired) electrons. The molecule has 330 valence electrons.